The van der Waals surface area contributed by atoms with E-state index in [1.165, 1.54) is 0 Å². The van der Waals surface area contributed by atoms with E-state index >= 15 is 0 Å². The van der Waals surface area contributed by atoms with Crippen molar-refractivity contribution in [2.24, 2.45) is 0 Å². The molecule has 0 spiro atoms. The molecule has 0 unspecified atom stereocenters. The molecule has 0 bridgehead atoms. The second kappa shape index (κ2) is 10.5. The minimum absolute atomic E-state index is 0.283. The number of carboxylic acid groups (broad SMARTS) is 1. The molecule has 4 heteroatoms. The molecule has 0 aromatic carbocycles. The van der Waals surface area contributed by atoms with E-state index in [1.807, 2.05) is 0 Å². The predicted octanol–water partition coefficient (Wildman–Crippen LogP) is 1.26. The number of methoxy groups -OCH3 is 1. The maximum absolute atomic E-state index is 10.2. The summed E-state index contributed by atoms with van der Waals surface area (Å²) in [4.78, 5) is 10.2. The SMILES string of the molecule is COCCCCNCCCCC(=O)O. The number of carboxylic acids is 1. The van der Waals surface area contributed by atoms with Crippen molar-refractivity contribution in [1.29, 1.82) is 0 Å². The summed E-state index contributed by atoms with van der Waals surface area (Å²) in [6.07, 6.45) is 4.19. The van der Waals surface area contributed by atoms with E-state index in [1.54, 1.807) is 7.11 Å². The average Bonchev–Trinajstić information content (AvgIpc) is 2.15. The lowest BCUT2D eigenvalue weighted by molar-refractivity contribution is -0.137. The van der Waals surface area contributed by atoms with Gasteiger partial charge in [-0.3, -0.25) is 4.79 Å². The third-order valence-electron chi connectivity index (χ3n) is 1.95. The molecule has 0 radical (unpaired) electrons. The zero-order chi connectivity index (χ0) is 10.6. The van der Waals surface area contributed by atoms with Crippen molar-refractivity contribution in [2.45, 2.75) is 32.1 Å². The van der Waals surface area contributed by atoms with Crippen molar-refractivity contribution in [3.05, 3.63) is 0 Å². The van der Waals surface area contributed by atoms with Crippen molar-refractivity contribution in [3.8, 4) is 0 Å². The molecule has 0 amide bonds. The Labute approximate surface area is 85.6 Å². The smallest absolute Gasteiger partial charge is 0.303 e. The Balaban J connectivity index is 2.88. The molecule has 0 fully saturated rings. The van der Waals surface area contributed by atoms with Gasteiger partial charge in [-0.05, 0) is 38.8 Å². The Morgan fingerprint density at radius 2 is 1.86 bits per heavy atom. The molecule has 0 aromatic heterocycles. The molecule has 84 valence electrons. The molecular formula is C10H21NO3. The topological polar surface area (TPSA) is 58.6 Å². The summed E-state index contributed by atoms with van der Waals surface area (Å²) in [7, 11) is 1.71. The standard InChI is InChI=1S/C10H21NO3/c1-14-9-5-4-8-11-7-3-2-6-10(12)13/h11H,2-9H2,1H3,(H,12,13). The Morgan fingerprint density at radius 3 is 2.43 bits per heavy atom. The number of aliphatic carboxylic acids is 1. The number of hydrogen-bond acceptors (Lipinski definition) is 3. The van der Waals surface area contributed by atoms with Crippen molar-refractivity contribution < 1.29 is 14.6 Å². The van der Waals surface area contributed by atoms with Crippen LogP contribution in [0.4, 0.5) is 0 Å². The molecule has 14 heavy (non-hydrogen) atoms. The number of hydrogen-bond donors (Lipinski definition) is 2. The number of unbranched alkanes of at least 4 members (excludes halogenated alkanes) is 2. The summed E-state index contributed by atoms with van der Waals surface area (Å²) >= 11 is 0. The van der Waals surface area contributed by atoms with Gasteiger partial charge in [-0.25, -0.2) is 0 Å². The molecule has 4 nitrogen and oxygen atoms in total. The van der Waals surface area contributed by atoms with Crippen LogP contribution in [0.3, 0.4) is 0 Å². The Bertz CT molecular complexity index is 139. The van der Waals surface area contributed by atoms with E-state index < -0.39 is 5.97 Å². The van der Waals surface area contributed by atoms with E-state index in [9.17, 15) is 4.79 Å². The van der Waals surface area contributed by atoms with Crippen LogP contribution >= 0.6 is 0 Å². The summed E-state index contributed by atoms with van der Waals surface area (Å²) in [5.74, 6) is -0.704. The van der Waals surface area contributed by atoms with Crippen LogP contribution in [0.2, 0.25) is 0 Å². The third kappa shape index (κ3) is 11.4. The lowest BCUT2D eigenvalue weighted by Gasteiger charge is -2.03. The van der Waals surface area contributed by atoms with Crippen LogP contribution in [0.25, 0.3) is 0 Å². The average molecular weight is 203 g/mol. The maximum Gasteiger partial charge on any atom is 0.303 e. The fourth-order valence-corrected chi connectivity index (χ4v) is 1.15. The van der Waals surface area contributed by atoms with E-state index in [4.69, 9.17) is 9.84 Å². The van der Waals surface area contributed by atoms with E-state index in [0.717, 1.165) is 45.4 Å². The summed E-state index contributed by atoms with van der Waals surface area (Å²) in [6.45, 7) is 2.73. The highest BCUT2D eigenvalue weighted by molar-refractivity contribution is 5.66. The van der Waals surface area contributed by atoms with Crippen molar-refractivity contribution in [3.63, 3.8) is 0 Å². The highest BCUT2D eigenvalue weighted by Gasteiger charge is 1.95. The second-order valence-electron chi connectivity index (χ2n) is 3.30. The van der Waals surface area contributed by atoms with Crippen LogP contribution in [0, 0.1) is 0 Å². The van der Waals surface area contributed by atoms with Crippen LogP contribution in [-0.4, -0.2) is 37.9 Å². The minimum atomic E-state index is -0.704. The molecule has 0 atom stereocenters. The van der Waals surface area contributed by atoms with Crippen molar-refractivity contribution in [1.82, 2.24) is 5.32 Å². The molecule has 0 aliphatic carbocycles. The Kier molecular flexibility index (Phi) is 10.0. The van der Waals surface area contributed by atoms with Crippen LogP contribution < -0.4 is 5.32 Å². The van der Waals surface area contributed by atoms with Crippen LogP contribution in [0.5, 0.6) is 0 Å². The van der Waals surface area contributed by atoms with Gasteiger partial charge < -0.3 is 15.2 Å². The molecule has 0 saturated heterocycles. The first-order valence-electron chi connectivity index (χ1n) is 5.19. The zero-order valence-electron chi connectivity index (χ0n) is 8.92. The Morgan fingerprint density at radius 1 is 1.21 bits per heavy atom. The first kappa shape index (κ1) is 13.4. The first-order valence-corrected chi connectivity index (χ1v) is 5.19. The number of rotatable bonds is 10. The van der Waals surface area contributed by atoms with Gasteiger partial charge in [0.1, 0.15) is 0 Å². The van der Waals surface area contributed by atoms with Gasteiger partial charge in [-0.2, -0.15) is 0 Å². The van der Waals surface area contributed by atoms with Gasteiger partial charge in [0, 0.05) is 20.1 Å². The summed E-state index contributed by atoms with van der Waals surface area (Å²) in [5.41, 5.74) is 0. The monoisotopic (exact) mass is 203 g/mol. The second-order valence-corrected chi connectivity index (χ2v) is 3.30. The quantitative estimate of drug-likeness (QED) is 0.525. The van der Waals surface area contributed by atoms with Gasteiger partial charge in [0.2, 0.25) is 0 Å². The third-order valence-corrected chi connectivity index (χ3v) is 1.95. The van der Waals surface area contributed by atoms with Crippen LogP contribution in [0.1, 0.15) is 32.1 Å². The molecule has 2 N–H and O–H groups in total. The van der Waals surface area contributed by atoms with E-state index in [0.29, 0.717) is 0 Å². The van der Waals surface area contributed by atoms with Gasteiger partial charge >= 0.3 is 5.97 Å². The molecule has 0 aliphatic heterocycles. The fourth-order valence-electron chi connectivity index (χ4n) is 1.15. The summed E-state index contributed by atoms with van der Waals surface area (Å²) in [5, 5.41) is 11.6. The number of ether oxygens (including phenoxy) is 1. The summed E-state index contributed by atoms with van der Waals surface area (Å²) in [6, 6.07) is 0. The van der Waals surface area contributed by atoms with E-state index in [2.05, 4.69) is 5.32 Å². The van der Waals surface area contributed by atoms with Crippen molar-refractivity contribution in [2.75, 3.05) is 26.8 Å². The zero-order valence-corrected chi connectivity index (χ0v) is 8.92. The van der Waals surface area contributed by atoms with Crippen molar-refractivity contribution >= 4 is 5.97 Å². The first-order chi connectivity index (χ1) is 6.77. The fraction of sp³-hybridized carbons (Fsp3) is 0.900. The lowest BCUT2D eigenvalue weighted by atomic mass is 10.2. The van der Waals surface area contributed by atoms with Crippen LogP contribution in [-0.2, 0) is 9.53 Å². The molecule has 0 aliphatic rings. The Hall–Kier alpha value is -0.610. The highest BCUT2D eigenvalue weighted by atomic mass is 16.5. The molecular weight excluding hydrogens is 182 g/mol. The minimum Gasteiger partial charge on any atom is -0.481 e. The molecule has 0 rings (SSSR count). The highest BCUT2D eigenvalue weighted by Crippen LogP contribution is 1.93. The summed E-state index contributed by atoms with van der Waals surface area (Å²) < 4.78 is 4.92. The predicted molar refractivity (Wildman–Crippen MR) is 55.5 cm³/mol. The van der Waals surface area contributed by atoms with Gasteiger partial charge in [0.15, 0.2) is 0 Å². The number of nitrogens with one attached hydrogen (secondary N) is 1. The molecule has 0 heterocycles. The lowest BCUT2D eigenvalue weighted by Crippen LogP contribution is -2.17. The van der Waals surface area contributed by atoms with E-state index in [-0.39, 0.29) is 6.42 Å². The molecule has 0 saturated carbocycles. The van der Waals surface area contributed by atoms with Gasteiger partial charge in [-0.15, -0.1) is 0 Å². The van der Waals surface area contributed by atoms with Gasteiger partial charge in [-0.1, -0.05) is 0 Å². The maximum atomic E-state index is 10.2. The largest absolute Gasteiger partial charge is 0.481 e. The number of carbonyl (C=O) groups is 1. The normalized spacial score (nSPS) is 10.4. The van der Waals surface area contributed by atoms with Gasteiger partial charge in [0.05, 0.1) is 0 Å². The molecule has 0 aromatic rings. The van der Waals surface area contributed by atoms with Crippen LogP contribution in [0.15, 0.2) is 0 Å². The van der Waals surface area contributed by atoms with Gasteiger partial charge in [0.25, 0.3) is 0 Å².